The zero-order valence-corrected chi connectivity index (χ0v) is 17.3. The number of para-hydroxylation sites is 1. The maximum atomic E-state index is 12.3. The molecular weight excluding hydrogens is 378 g/mol. The highest BCUT2D eigenvalue weighted by Gasteiger charge is 2.14. The number of sulfone groups is 1. The van der Waals surface area contributed by atoms with Crippen LogP contribution in [0.4, 0.5) is 11.4 Å². The molecule has 150 valence electrons. The van der Waals surface area contributed by atoms with Crippen molar-refractivity contribution in [1.29, 1.82) is 0 Å². The number of anilines is 2. The van der Waals surface area contributed by atoms with E-state index < -0.39 is 9.84 Å². The Hall–Kier alpha value is -2.71. The molecule has 0 unspecified atom stereocenters. The number of aryl methyl sites for hydroxylation is 2. The van der Waals surface area contributed by atoms with E-state index in [9.17, 15) is 18.0 Å². The first-order chi connectivity index (χ1) is 13.1. The molecule has 0 bridgehead atoms. The number of nitrogens with zero attached hydrogens (tertiary/aromatic N) is 1. The molecule has 0 radical (unpaired) electrons. The maximum absolute atomic E-state index is 12.3. The molecule has 28 heavy (non-hydrogen) atoms. The van der Waals surface area contributed by atoms with Crippen LogP contribution in [0.25, 0.3) is 0 Å². The highest BCUT2D eigenvalue weighted by Crippen LogP contribution is 2.19. The van der Waals surface area contributed by atoms with Crippen LogP contribution < -0.4 is 10.6 Å². The Balaban J connectivity index is 1.91. The lowest BCUT2D eigenvalue weighted by Crippen LogP contribution is -2.36. The first-order valence-electron chi connectivity index (χ1n) is 8.71. The van der Waals surface area contributed by atoms with Crippen LogP contribution in [0.5, 0.6) is 0 Å². The molecule has 0 saturated heterocycles. The van der Waals surface area contributed by atoms with Crippen LogP contribution in [0.2, 0.25) is 0 Å². The Morgan fingerprint density at radius 2 is 1.46 bits per heavy atom. The second-order valence-electron chi connectivity index (χ2n) is 6.84. The molecule has 7 nitrogen and oxygen atoms in total. The van der Waals surface area contributed by atoms with E-state index in [4.69, 9.17) is 0 Å². The largest absolute Gasteiger partial charge is 0.325 e. The van der Waals surface area contributed by atoms with E-state index in [1.165, 1.54) is 12.1 Å². The van der Waals surface area contributed by atoms with Gasteiger partial charge in [-0.15, -0.1) is 0 Å². The third-order valence-electron chi connectivity index (χ3n) is 4.12. The monoisotopic (exact) mass is 403 g/mol. The summed E-state index contributed by atoms with van der Waals surface area (Å²) >= 11 is 0. The van der Waals surface area contributed by atoms with Crippen LogP contribution in [0.1, 0.15) is 11.1 Å². The van der Waals surface area contributed by atoms with E-state index in [2.05, 4.69) is 10.6 Å². The van der Waals surface area contributed by atoms with Crippen molar-refractivity contribution in [2.24, 2.45) is 0 Å². The summed E-state index contributed by atoms with van der Waals surface area (Å²) in [6, 6.07) is 11.8. The fraction of sp³-hybridized carbons (Fsp3) is 0.300. The molecule has 0 fully saturated rings. The van der Waals surface area contributed by atoms with E-state index in [-0.39, 0.29) is 29.8 Å². The molecule has 0 spiro atoms. The predicted octanol–water partition coefficient (Wildman–Crippen LogP) is 2.22. The van der Waals surface area contributed by atoms with Crippen LogP contribution in [-0.2, 0) is 19.4 Å². The molecular formula is C20H25N3O4S. The number of hydrogen-bond acceptors (Lipinski definition) is 5. The summed E-state index contributed by atoms with van der Waals surface area (Å²) < 4.78 is 23.2. The maximum Gasteiger partial charge on any atom is 0.238 e. The summed E-state index contributed by atoms with van der Waals surface area (Å²) in [5.74, 6) is -0.556. The number of benzene rings is 2. The van der Waals surface area contributed by atoms with Gasteiger partial charge in [0.25, 0.3) is 0 Å². The van der Waals surface area contributed by atoms with Gasteiger partial charge in [0.1, 0.15) is 0 Å². The van der Waals surface area contributed by atoms with Gasteiger partial charge in [0, 0.05) is 17.6 Å². The minimum absolute atomic E-state index is 0.0106. The van der Waals surface area contributed by atoms with Crippen LogP contribution in [0.3, 0.4) is 0 Å². The van der Waals surface area contributed by atoms with Crippen LogP contribution >= 0.6 is 0 Å². The lowest BCUT2D eigenvalue weighted by Gasteiger charge is -2.17. The molecule has 2 N–H and O–H groups in total. The Bertz CT molecular complexity index is 966. The molecule has 0 saturated carbocycles. The van der Waals surface area contributed by atoms with Crippen molar-refractivity contribution >= 4 is 33.0 Å². The molecule has 0 atom stereocenters. The van der Waals surface area contributed by atoms with Gasteiger partial charge in [0.05, 0.1) is 18.0 Å². The SMILES string of the molecule is Cc1cccc(C)c1NC(=O)CN(C)CC(=O)Nc1cccc(S(C)(=O)=O)c1. The quantitative estimate of drug-likeness (QED) is 0.739. The Morgan fingerprint density at radius 1 is 0.929 bits per heavy atom. The average molecular weight is 404 g/mol. The van der Waals surface area contributed by atoms with Gasteiger partial charge in [0.15, 0.2) is 9.84 Å². The molecule has 0 aliphatic rings. The number of amides is 2. The van der Waals surface area contributed by atoms with Crippen molar-refractivity contribution in [3.05, 3.63) is 53.6 Å². The number of likely N-dealkylation sites (N-methyl/N-ethyl adjacent to an activating group) is 1. The van der Waals surface area contributed by atoms with E-state index >= 15 is 0 Å². The van der Waals surface area contributed by atoms with E-state index in [0.29, 0.717) is 5.69 Å². The van der Waals surface area contributed by atoms with Gasteiger partial charge >= 0.3 is 0 Å². The molecule has 0 aliphatic heterocycles. The van der Waals surface area contributed by atoms with Gasteiger partial charge in [0.2, 0.25) is 11.8 Å². The van der Waals surface area contributed by atoms with E-state index in [1.807, 2.05) is 32.0 Å². The molecule has 2 amide bonds. The highest BCUT2D eigenvalue weighted by molar-refractivity contribution is 7.90. The van der Waals surface area contributed by atoms with Crippen molar-refractivity contribution in [2.45, 2.75) is 18.7 Å². The molecule has 0 aromatic heterocycles. The number of carbonyl (C=O) groups is 2. The van der Waals surface area contributed by atoms with Gasteiger partial charge in [-0.05, 0) is 50.2 Å². The van der Waals surface area contributed by atoms with E-state index in [1.54, 1.807) is 24.1 Å². The van der Waals surface area contributed by atoms with Crippen LogP contribution in [0.15, 0.2) is 47.4 Å². The van der Waals surface area contributed by atoms with Gasteiger partial charge in [-0.25, -0.2) is 8.42 Å². The molecule has 2 aromatic carbocycles. The van der Waals surface area contributed by atoms with Crippen molar-refractivity contribution in [3.8, 4) is 0 Å². The number of carbonyl (C=O) groups excluding carboxylic acids is 2. The molecule has 2 aromatic rings. The standard InChI is InChI=1S/C20H25N3O4S/c1-14-7-5-8-15(2)20(14)22-19(25)13-23(3)12-18(24)21-16-9-6-10-17(11-16)28(4,26)27/h5-11H,12-13H2,1-4H3,(H,21,24)(H,22,25). The average Bonchev–Trinajstić information content (AvgIpc) is 2.57. The van der Waals surface area contributed by atoms with Gasteiger partial charge in [-0.2, -0.15) is 0 Å². The third-order valence-corrected chi connectivity index (χ3v) is 5.23. The van der Waals surface area contributed by atoms with E-state index in [0.717, 1.165) is 23.1 Å². The molecule has 8 heteroatoms. The topological polar surface area (TPSA) is 95.6 Å². The first kappa shape index (κ1) is 21.6. The molecule has 0 heterocycles. The summed E-state index contributed by atoms with van der Waals surface area (Å²) in [6.07, 6.45) is 1.11. The fourth-order valence-corrected chi connectivity index (χ4v) is 3.41. The van der Waals surface area contributed by atoms with Crippen molar-refractivity contribution < 1.29 is 18.0 Å². The second kappa shape index (κ2) is 8.99. The highest BCUT2D eigenvalue weighted by atomic mass is 32.2. The smallest absolute Gasteiger partial charge is 0.238 e. The minimum atomic E-state index is -3.35. The van der Waals surface area contributed by atoms with Gasteiger partial charge in [-0.1, -0.05) is 24.3 Å². The summed E-state index contributed by atoms with van der Waals surface area (Å²) in [5.41, 5.74) is 3.11. The van der Waals surface area contributed by atoms with Crippen LogP contribution in [-0.4, -0.2) is 51.5 Å². The summed E-state index contributed by atoms with van der Waals surface area (Å²) in [7, 11) is -1.69. The fourth-order valence-electron chi connectivity index (χ4n) is 2.74. The van der Waals surface area contributed by atoms with Crippen molar-refractivity contribution in [2.75, 3.05) is 37.0 Å². The zero-order chi connectivity index (χ0) is 20.9. The minimum Gasteiger partial charge on any atom is -0.325 e. The summed E-state index contributed by atoms with van der Waals surface area (Å²) in [4.78, 5) is 26.2. The van der Waals surface area contributed by atoms with Gasteiger partial charge < -0.3 is 10.6 Å². The number of hydrogen-bond donors (Lipinski definition) is 2. The summed E-state index contributed by atoms with van der Waals surface area (Å²) in [5, 5.41) is 5.53. The Kier molecular flexibility index (Phi) is 6.93. The van der Waals surface area contributed by atoms with Crippen LogP contribution in [0, 0.1) is 13.8 Å². The third kappa shape index (κ3) is 6.17. The number of nitrogens with one attached hydrogen (secondary N) is 2. The lowest BCUT2D eigenvalue weighted by atomic mass is 10.1. The Morgan fingerprint density at radius 3 is 2.04 bits per heavy atom. The lowest BCUT2D eigenvalue weighted by molar-refractivity contribution is -0.119. The first-order valence-corrected chi connectivity index (χ1v) is 10.6. The zero-order valence-electron chi connectivity index (χ0n) is 16.4. The van der Waals surface area contributed by atoms with Crippen molar-refractivity contribution in [1.82, 2.24) is 4.90 Å². The molecule has 0 aliphatic carbocycles. The summed E-state index contributed by atoms with van der Waals surface area (Å²) in [6.45, 7) is 3.88. The van der Waals surface area contributed by atoms with Crippen molar-refractivity contribution in [3.63, 3.8) is 0 Å². The Labute approximate surface area is 165 Å². The second-order valence-corrected chi connectivity index (χ2v) is 8.85. The predicted molar refractivity (Wildman–Crippen MR) is 110 cm³/mol. The number of rotatable bonds is 7. The molecule has 2 rings (SSSR count). The normalized spacial score (nSPS) is 11.3. The van der Waals surface area contributed by atoms with Gasteiger partial charge in [-0.3, -0.25) is 14.5 Å².